The molecule has 0 amide bonds. The van der Waals surface area contributed by atoms with Crippen molar-refractivity contribution in [1.29, 1.82) is 0 Å². The molecule has 4 heteroatoms. The molecule has 1 aliphatic rings. The van der Waals surface area contributed by atoms with Gasteiger partial charge in [-0.1, -0.05) is 0 Å². The number of rotatable bonds is 4. The highest BCUT2D eigenvalue weighted by Crippen LogP contribution is 2.29. The maximum atomic E-state index is 11.0. The summed E-state index contributed by atoms with van der Waals surface area (Å²) in [4.78, 5) is 13.3. The van der Waals surface area contributed by atoms with Crippen molar-refractivity contribution in [2.24, 2.45) is 11.1 Å². The molecule has 0 saturated carbocycles. The summed E-state index contributed by atoms with van der Waals surface area (Å²) in [6.45, 7) is 5.13. The summed E-state index contributed by atoms with van der Waals surface area (Å²) in [5.41, 5.74) is 4.88. The van der Waals surface area contributed by atoms with Crippen molar-refractivity contribution in [3.8, 4) is 0 Å². The van der Waals surface area contributed by atoms with Gasteiger partial charge >= 0.3 is 5.97 Å². The molecule has 4 nitrogen and oxygen atoms in total. The fourth-order valence-electron chi connectivity index (χ4n) is 2.02. The molecule has 0 aromatic heterocycles. The number of hydrogen-bond acceptors (Lipinski definition) is 3. The molecule has 1 rings (SSSR count). The molecule has 3 N–H and O–H groups in total. The molecule has 0 aliphatic carbocycles. The highest BCUT2D eigenvalue weighted by molar-refractivity contribution is 5.74. The van der Waals surface area contributed by atoms with Crippen LogP contribution in [-0.2, 0) is 4.79 Å². The molecular formula is C10H20N2O2. The van der Waals surface area contributed by atoms with Crippen LogP contribution in [0.25, 0.3) is 0 Å². The number of carbonyl (C=O) groups is 1. The molecular weight excluding hydrogens is 180 g/mol. The van der Waals surface area contributed by atoms with Crippen LogP contribution in [0.1, 0.15) is 26.2 Å². The van der Waals surface area contributed by atoms with Crippen LogP contribution in [0.2, 0.25) is 0 Å². The maximum absolute atomic E-state index is 11.0. The first-order chi connectivity index (χ1) is 6.58. The van der Waals surface area contributed by atoms with Crippen molar-refractivity contribution in [1.82, 2.24) is 4.90 Å². The van der Waals surface area contributed by atoms with Crippen molar-refractivity contribution in [3.63, 3.8) is 0 Å². The molecule has 1 atom stereocenters. The van der Waals surface area contributed by atoms with E-state index in [-0.39, 0.29) is 0 Å². The predicted molar refractivity (Wildman–Crippen MR) is 55.1 cm³/mol. The van der Waals surface area contributed by atoms with Crippen LogP contribution in [0, 0.1) is 5.41 Å². The lowest BCUT2D eigenvalue weighted by Gasteiger charge is -2.37. The van der Waals surface area contributed by atoms with Crippen LogP contribution >= 0.6 is 0 Å². The van der Waals surface area contributed by atoms with Gasteiger partial charge in [-0.05, 0) is 45.8 Å². The second kappa shape index (κ2) is 4.75. The van der Waals surface area contributed by atoms with Gasteiger partial charge in [-0.3, -0.25) is 4.79 Å². The van der Waals surface area contributed by atoms with Gasteiger partial charge < -0.3 is 15.7 Å². The van der Waals surface area contributed by atoms with Crippen LogP contribution in [0.4, 0.5) is 0 Å². The van der Waals surface area contributed by atoms with Crippen molar-refractivity contribution in [2.75, 3.05) is 26.2 Å². The van der Waals surface area contributed by atoms with E-state index in [0.29, 0.717) is 13.1 Å². The minimum Gasteiger partial charge on any atom is -0.481 e. The molecule has 1 fully saturated rings. The largest absolute Gasteiger partial charge is 0.481 e. The minimum absolute atomic E-state index is 0.549. The Balaban J connectivity index is 2.46. The summed E-state index contributed by atoms with van der Waals surface area (Å²) in [7, 11) is 0. The number of nitrogens with two attached hydrogens (primary N) is 1. The van der Waals surface area contributed by atoms with E-state index in [0.717, 1.165) is 32.4 Å². The fourth-order valence-corrected chi connectivity index (χ4v) is 2.02. The molecule has 0 bridgehead atoms. The Morgan fingerprint density at radius 1 is 1.64 bits per heavy atom. The van der Waals surface area contributed by atoms with Crippen LogP contribution in [0.15, 0.2) is 0 Å². The van der Waals surface area contributed by atoms with Gasteiger partial charge in [0, 0.05) is 6.54 Å². The molecule has 14 heavy (non-hydrogen) atoms. The second-order valence-corrected chi connectivity index (χ2v) is 4.39. The van der Waals surface area contributed by atoms with Crippen LogP contribution in [-0.4, -0.2) is 42.2 Å². The zero-order valence-corrected chi connectivity index (χ0v) is 8.83. The molecule has 1 heterocycles. The molecule has 0 aromatic carbocycles. The van der Waals surface area contributed by atoms with E-state index >= 15 is 0 Å². The Morgan fingerprint density at radius 2 is 2.36 bits per heavy atom. The summed E-state index contributed by atoms with van der Waals surface area (Å²) in [5.74, 6) is -0.671. The highest BCUT2D eigenvalue weighted by Gasteiger charge is 2.37. The SMILES string of the molecule is CC1(C(=O)O)CCCN(CCCN)C1. The molecule has 1 unspecified atom stereocenters. The Bertz CT molecular complexity index is 208. The van der Waals surface area contributed by atoms with Crippen molar-refractivity contribution >= 4 is 5.97 Å². The Kier molecular flexibility index (Phi) is 3.89. The molecule has 0 radical (unpaired) electrons. The molecule has 82 valence electrons. The Labute approximate surface area is 85.1 Å². The summed E-state index contributed by atoms with van der Waals surface area (Å²) in [6.07, 6.45) is 2.73. The third-order valence-electron chi connectivity index (χ3n) is 2.97. The first kappa shape index (κ1) is 11.5. The van der Waals surface area contributed by atoms with Gasteiger partial charge in [0.1, 0.15) is 0 Å². The van der Waals surface area contributed by atoms with Gasteiger partial charge in [0.15, 0.2) is 0 Å². The van der Waals surface area contributed by atoms with Crippen molar-refractivity contribution in [2.45, 2.75) is 26.2 Å². The second-order valence-electron chi connectivity index (χ2n) is 4.39. The molecule has 1 saturated heterocycles. The van der Waals surface area contributed by atoms with Crippen molar-refractivity contribution < 1.29 is 9.90 Å². The molecule has 1 aliphatic heterocycles. The van der Waals surface area contributed by atoms with E-state index < -0.39 is 11.4 Å². The predicted octanol–water partition coefficient (Wildman–Crippen LogP) is 0.522. The highest BCUT2D eigenvalue weighted by atomic mass is 16.4. The van der Waals surface area contributed by atoms with Gasteiger partial charge in [0.05, 0.1) is 5.41 Å². The lowest BCUT2D eigenvalue weighted by molar-refractivity contribution is -0.151. The minimum atomic E-state index is -0.671. The van der Waals surface area contributed by atoms with E-state index in [2.05, 4.69) is 4.90 Å². The van der Waals surface area contributed by atoms with E-state index in [1.807, 2.05) is 6.92 Å². The Hall–Kier alpha value is -0.610. The summed E-state index contributed by atoms with van der Waals surface area (Å²) in [6, 6.07) is 0. The summed E-state index contributed by atoms with van der Waals surface area (Å²) >= 11 is 0. The number of carboxylic acids is 1. The first-order valence-corrected chi connectivity index (χ1v) is 5.24. The standard InChI is InChI=1S/C10H20N2O2/c1-10(9(13)14)4-2-6-12(8-10)7-3-5-11/h2-8,11H2,1H3,(H,13,14). The number of nitrogens with zero attached hydrogens (tertiary/aromatic N) is 1. The van der Waals surface area contributed by atoms with Gasteiger partial charge in [-0.25, -0.2) is 0 Å². The monoisotopic (exact) mass is 200 g/mol. The quantitative estimate of drug-likeness (QED) is 0.694. The van der Waals surface area contributed by atoms with Crippen LogP contribution in [0.3, 0.4) is 0 Å². The van der Waals surface area contributed by atoms with Gasteiger partial charge in [0.2, 0.25) is 0 Å². The number of hydrogen-bond donors (Lipinski definition) is 2. The summed E-state index contributed by atoms with van der Waals surface area (Å²) < 4.78 is 0. The average molecular weight is 200 g/mol. The number of aliphatic carboxylic acids is 1. The number of piperidine rings is 1. The van der Waals surface area contributed by atoms with Gasteiger partial charge in [-0.2, -0.15) is 0 Å². The van der Waals surface area contributed by atoms with Crippen molar-refractivity contribution in [3.05, 3.63) is 0 Å². The zero-order valence-electron chi connectivity index (χ0n) is 8.83. The number of likely N-dealkylation sites (tertiary alicyclic amines) is 1. The van der Waals surface area contributed by atoms with Gasteiger partial charge in [0.25, 0.3) is 0 Å². The zero-order chi connectivity index (χ0) is 10.6. The lowest BCUT2D eigenvalue weighted by Crippen LogP contribution is -2.46. The normalized spacial score (nSPS) is 29.0. The topological polar surface area (TPSA) is 66.6 Å². The van der Waals surface area contributed by atoms with E-state index in [4.69, 9.17) is 10.8 Å². The van der Waals surface area contributed by atoms with E-state index in [1.165, 1.54) is 0 Å². The lowest BCUT2D eigenvalue weighted by atomic mass is 9.82. The average Bonchev–Trinajstić information content (AvgIpc) is 2.15. The van der Waals surface area contributed by atoms with Crippen LogP contribution < -0.4 is 5.73 Å². The van der Waals surface area contributed by atoms with E-state index in [9.17, 15) is 4.79 Å². The maximum Gasteiger partial charge on any atom is 0.310 e. The smallest absolute Gasteiger partial charge is 0.310 e. The summed E-state index contributed by atoms with van der Waals surface area (Å²) in [5, 5.41) is 9.09. The van der Waals surface area contributed by atoms with Gasteiger partial charge in [-0.15, -0.1) is 0 Å². The van der Waals surface area contributed by atoms with E-state index in [1.54, 1.807) is 0 Å². The third kappa shape index (κ3) is 2.69. The third-order valence-corrected chi connectivity index (χ3v) is 2.97. The first-order valence-electron chi connectivity index (χ1n) is 5.24. The fraction of sp³-hybridized carbons (Fsp3) is 0.900. The molecule has 0 aromatic rings. The molecule has 0 spiro atoms. The number of carboxylic acid groups (broad SMARTS) is 1. The van der Waals surface area contributed by atoms with Crippen LogP contribution in [0.5, 0.6) is 0 Å². The Morgan fingerprint density at radius 3 is 2.93 bits per heavy atom.